The highest BCUT2D eigenvalue weighted by atomic mass is 19.3. The number of nitrogens with zero attached hydrogens (tertiary/aromatic N) is 3. The molecule has 3 heterocycles. The smallest absolute Gasteiger partial charge is 0.269 e. The van der Waals surface area contributed by atoms with Crippen LogP contribution in [0.25, 0.3) is 22.2 Å². The van der Waals surface area contributed by atoms with Gasteiger partial charge in [0.25, 0.3) is 5.92 Å². The number of benzene rings is 2. The second-order valence-electron chi connectivity index (χ2n) is 10.6. The van der Waals surface area contributed by atoms with Crippen LogP contribution in [0.4, 0.5) is 18.9 Å². The first-order valence-electron chi connectivity index (χ1n) is 12.9. The zero-order valence-electron chi connectivity index (χ0n) is 21.4. The van der Waals surface area contributed by atoms with E-state index >= 15 is 8.78 Å². The predicted octanol–water partition coefficient (Wildman–Crippen LogP) is 5.53. The molecule has 192 valence electrons. The van der Waals surface area contributed by atoms with Gasteiger partial charge < -0.3 is 10.2 Å². The Kier molecular flexibility index (Phi) is 6.72. The molecule has 36 heavy (non-hydrogen) atoms. The fourth-order valence-electron chi connectivity index (χ4n) is 5.96. The summed E-state index contributed by atoms with van der Waals surface area (Å²) in [5, 5.41) is 3.86. The number of fused-ring (bicyclic) bond motifs is 1. The molecule has 0 radical (unpaired) electrons. The number of likely N-dealkylation sites (tertiary alicyclic amines) is 1. The van der Waals surface area contributed by atoms with E-state index in [9.17, 15) is 4.39 Å². The fraction of sp³-hybridized carbons (Fsp3) is 0.483. The summed E-state index contributed by atoms with van der Waals surface area (Å²) >= 11 is 0. The number of halogens is 3. The first-order valence-corrected chi connectivity index (χ1v) is 12.9. The van der Waals surface area contributed by atoms with Gasteiger partial charge in [0.1, 0.15) is 5.82 Å². The van der Waals surface area contributed by atoms with Crippen molar-refractivity contribution < 1.29 is 13.2 Å². The zero-order chi connectivity index (χ0) is 25.5. The van der Waals surface area contributed by atoms with E-state index in [4.69, 9.17) is 4.98 Å². The molecule has 2 aromatic carbocycles. The van der Waals surface area contributed by atoms with Crippen LogP contribution in [0.15, 0.2) is 42.5 Å². The van der Waals surface area contributed by atoms with Crippen LogP contribution >= 0.6 is 0 Å². The molecule has 0 amide bonds. The number of aryl methyl sites for hydroxylation is 2. The quantitative estimate of drug-likeness (QED) is 0.436. The number of aromatic nitrogens is 1. The molecule has 2 saturated heterocycles. The average Bonchev–Trinajstić information content (AvgIpc) is 3.38. The van der Waals surface area contributed by atoms with E-state index in [0.29, 0.717) is 42.4 Å². The zero-order valence-corrected chi connectivity index (χ0v) is 21.4. The summed E-state index contributed by atoms with van der Waals surface area (Å²) in [6.07, 6.45) is 3.04. The summed E-state index contributed by atoms with van der Waals surface area (Å²) in [7, 11) is 3.71. The third-order valence-corrected chi connectivity index (χ3v) is 7.99. The van der Waals surface area contributed by atoms with Gasteiger partial charge in [-0.2, -0.15) is 0 Å². The second-order valence-corrected chi connectivity index (χ2v) is 10.6. The Hall–Kier alpha value is -2.64. The molecule has 1 aromatic heterocycles. The minimum atomic E-state index is -2.74. The van der Waals surface area contributed by atoms with E-state index in [0.717, 1.165) is 36.3 Å². The van der Waals surface area contributed by atoms with Gasteiger partial charge in [-0.3, -0.25) is 4.90 Å². The average molecular weight is 497 g/mol. The first-order chi connectivity index (χ1) is 17.2. The highest BCUT2D eigenvalue weighted by Crippen LogP contribution is 2.51. The maximum absolute atomic E-state index is 15.1. The lowest BCUT2D eigenvalue weighted by Crippen LogP contribution is -2.42. The lowest BCUT2D eigenvalue weighted by molar-refractivity contribution is -0.0735. The maximum Gasteiger partial charge on any atom is 0.269 e. The normalized spacial score (nSPS) is 21.8. The van der Waals surface area contributed by atoms with Crippen LogP contribution in [-0.4, -0.2) is 62.6 Å². The van der Waals surface area contributed by atoms with Crippen LogP contribution in [0.5, 0.6) is 0 Å². The molecule has 2 aliphatic rings. The Morgan fingerprint density at radius 1 is 1.06 bits per heavy atom. The molecule has 1 spiro atoms. The number of hydrogen-bond acceptors (Lipinski definition) is 4. The Morgan fingerprint density at radius 3 is 2.50 bits per heavy atom. The van der Waals surface area contributed by atoms with Gasteiger partial charge in [0.15, 0.2) is 0 Å². The molecule has 0 saturated carbocycles. The van der Waals surface area contributed by atoms with E-state index < -0.39 is 11.3 Å². The predicted molar refractivity (Wildman–Crippen MR) is 140 cm³/mol. The van der Waals surface area contributed by atoms with Crippen LogP contribution < -0.4 is 10.2 Å². The number of pyridine rings is 1. The lowest BCUT2D eigenvalue weighted by atomic mass is 9.83. The molecule has 3 aromatic rings. The Bertz CT molecular complexity index is 1240. The van der Waals surface area contributed by atoms with Gasteiger partial charge in [0, 0.05) is 36.3 Å². The summed E-state index contributed by atoms with van der Waals surface area (Å²) < 4.78 is 45.0. The summed E-state index contributed by atoms with van der Waals surface area (Å²) in [4.78, 5) is 8.65. The molecule has 2 fully saturated rings. The summed E-state index contributed by atoms with van der Waals surface area (Å²) in [6.45, 7) is 3.83. The number of alkyl halides is 2. The standard InChI is InChI=1S/C29H35F3N4/c1-4-21-14-26-23(15-24(21)30)27(36-13-11-28(18-36)17-35(3)19-29(28,31)32)16-25(34-26)22-9-7-20(8-10-22)6-5-12-33-2/h7-10,14-16,33H,4-6,11-13,17-19H2,1-3H3. The highest BCUT2D eigenvalue weighted by Gasteiger charge is 2.61. The Labute approximate surface area is 211 Å². The fourth-order valence-corrected chi connectivity index (χ4v) is 5.96. The summed E-state index contributed by atoms with van der Waals surface area (Å²) in [6, 6.07) is 13.7. The van der Waals surface area contributed by atoms with Crippen molar-refractivity contribution in [2.24, 2.45) is 5.41 Å². The van der Waals surface area contributed by atoms with Crippen LogP contribution in [0, 0.1) is 11.2 Å². The number of rotatable bonds is 7. The number of nitrogens with one attached hydrogen (secondary N) is 1. The Morgan fingerprint density at radius 2 is 1.83 bits per heavy atom. The van der Waals surface area contributed by atoms with Gasteiger partial charge in [-0.25, -0.2) is 18.2 Å². The van der Waals surface area contributed by atoms with E-state index in [1.807, 2.05) is 31.0 Å². The van der Waals surface area contributed by atoms with Crippen molar-refractivity contribution in [3.05, 3.63) is 59.4 Å². The minimum absolute atomic E-state index is 0.210. The van der Waals surface area contributed by atoms with Crippen molar-refractivity contribution in [3.8, 4) is 11.3 Å². The molecule has 5 rings (SSSR count). The molecule has 0 bridgehead atoms. The molecule has 2 aliphatic heterocycles. The van der Waals surface area contributed by atoms with Crippen LogP contribution in [-0.2, 0) is 12.8 Å². The number of anilines is 1. The first kappa shape index (κ1) is 25.0. The third kappa shape index (κ3) is 4.48. The van der Waals surface area contributed by atoms with Crippen molar-refractivity contribution in [2.45, 2.75) is 38.5 Å². The van der Waals surface area contributed by atoms with Gasteiger partial charge in [0.2, 0.25) is 0 Å². The van der Waals surface area contributed by atoms with E-state index in [2.05, 4.69) is 29.6 Å². The van der Waals surface area contributed by atoms with Gasteiger partial charge in [-0.15, -0.1) is 0 Å². The van der Waals surface area contributed by atoms with Crippen molar-refractivity contribution in [1.82, 2.24) is 15.2 Å². The van der Waals surface area contributed by atoms with E-state index in [1.165, 1.54) is 11.6 Å². The molecule has 0 aliphatic carbocycles. The highest BCUT2D eigenvalue weighted by molar-refractivity contribution is 5.95. The lowest BCUT2D eigenvalue weighted by Gasteiger charge is -2.30. The maximum atomic E-state index is 15.1. The molecule has 1 unspecified atom stereocenters. The SMILES string of the molecule is CCc1cc2nc(-c3ccc(CCCNC)cc3)cc(N3CCC4(CN(C)CC4(F)F)C3)c2cc1F. The van der Waals surface area contributed by atoms with Gasteiger partial charge in [0.05, 0.1) is 23.2 Å². The van der Waals surface area contributed by atoms with Crippen molar-refractivity contribution in [2.75, 3.05) is 51.7 Å². The van der Waals surface area contributed by atoms with Gasteiger partial charge in [-0.05, 0) is 75.6 Å². The minimum Gasteiger partial charge on any atom is -0.370 e. The van der Waals surface area contributed by atoms with Gasteiger partial charge >= 0.3 is 0 Å². The summed E-state index contributed by atoms with van der Waals surface area (Å²) in [5.74, 6) is -3.02. The van der Waals surface area contributed by atoms with E-state index in [-0.39, 0.29) is 18.9 Å². The largest absolute Gasteiger partial charge is 0.370 e. The van der Waals surface area contributed by atoms with E-state index in [1.54, 1.807) is 11.9 Å². The Balaban J connectivity index is 1.54. The van der Waals surface area contributed by atoms with Gasteiger partial charge in [-0.1, -0.05) is 31.2 Å². The van der Waals surface area contributed by atoms with Crippen LogP contribution in [0.1, 0.15) is 30.9 Å². The van der Waals surface area contributed by atoms with Crippen LogP contribution in [0.2, 0.25) is 0 Å². The second kappa shape index (κ2) is 9.67. The van der Waals surface area contributed by atoms with Crippen molar-refractivity contribution in [3.63, 3.8) is 0 Å². The third-order valence-electron chi connectivity index (χ3n) is 7.99. The molecular weight excluding hydrogens is 461 g/mol. The molecular formula is C29H35F3N4. The summed E-state index contributed by atoms with van der Waals surface area (Å²) in [5.41, 5.74) is 4.04. The monoisotopic (exact) mass is 496 g/mol. The van der Waals surface area contributed by atoms with Crippen molar-refractivity contribution >= 4 is 16.6 Å². The van der Waals surface area contributed by atoms with Crippen LogP contribution in [0.3, 0.4) is 0 Å². The molecule has 4 nitrogen and oxygen atoms in total. The molecule has 1 atom stereocenters. The van der Waals surface area contributed by atoms with Crippen molar-refractivity contribution in [1.29, 1.82) is 0 Å². The molecule has 7 heteroatoms. The molecule has 1 N–H and O–H groups in total. The topological polar surface area (TPSA) is 31.4 Å². The number of hydrogen-bond donors (Lipinski definition) is 1.